The highest BCUT2D eigenvalue weighted by molar-refractivity contribution is 5.77. The molecule has 1 aromatic carbocycles. The average Bonchev–Trinajstić information content (AvgIpc) is 3.16. The van der Waals surface area contributed by atoms with Crippen LogP contribution in [0.2, 0.25) is 0 Å². The van der Waals surface area contributed by atoms with Crippen molar-refractivity contribution in [3.05, 3.63) is 40.4 Å². The summed E-state index contributed by atoms with van der Waals surface area (Å²) in [5.74, 6) is -0.185. The lowest BCUT2D eigenvalue weighted by Crippen LogP contribution is -2.24. The first-order valence-corrected chi connectivity index (χ1v) is 7.96. The van der Waals surface area contributed by atoms with Gasteiger partial charge in [-0.25, -0.2) is 9.37 Å². The number of fused-ring (bicyclic) bond motifs is 1. The van der Waals surface area contributed by atoms with Crippen LogP contribution in [0.25, 0.3) is 22.6 Å². The van der Waals surface area contributed by atoms with Crippen LogP contribution in [0.4, 0.5) is 10.3 Å². The van der Waals surface area contributed by atoms with Gasteiger partial charge >= 0.3 is 0 Å². The molecule has 1 saturated heterocycles. The van der Waals surface area contributed by atoms with Crippen molar-refractivity contribution in [2.45, 2.75) is 24.9 Å². The van der Waals surface area contributed by atoms with Gasteiger partial charge in [0.05, 0.1) is 12.7 Å². The molecular formula is C16H16FN5O4. The fourth-order valence-electron chi connectivity index (χ4n) is 3.11. The van der Waals surface area contributed by atoms with Crippen molar-refractivity contribution in [3.8, 4) is 11.4 Å². The quantitative estimate of drug-likeness (QED) is 0.520. The first kappa shape index (κ1) is 16.6. The van der Waals surface area contributed by atoms with Gasteiger partial charge in [-0.05, 0) is 24.3 Å². The number of hydrogen-bond acceptors (Lipinski definition) is 7. The van der Waals surface area contributed by atoms with Crippen LogP contribution in [0, 0.1) is 5.82 Å². The lowest BCUT2D eigenvalue weighted by Gasteiger charge is -2.16. The van der Waals surface area contributed by atoms with Gasteiger partial charge in [0.15, 0.2) is 11.2 Å². The van der Waals surface area contributed by atoms with Crippen molar-refractivity contribution in [1.29, 1.82) is 0 Å². The fourth-order valence-corrected chi connectivity index (χ4v) is 3.11. The lowest BCUT2D eigenvalue weighted by molar-refractivity contribution is -0.0426. The first-order valence-electron chi connectivity index (χ1n) is 7.96. The Labute approximate surface area is 145 Å². The molecule has 0 amide bonds. The molecule has 2 aromatic heterocycles. The number of imidazole rings is 1. The van der Waals surface area contributed by atoms with Crippen molar-refractivity contribution >= 4 is 17.1 Å². The number of aromatic nitrogens is 4. The Hall–Kier alpha value is -2.82. The standard InChI is InChI=1S/C16H16FN5O4/c17-8-3-1-7(2-4-8)13-19-12-14(20-16(18)21-15(12)25)22(13)11-5-9(24)10(6-23)26-11/h1-4,9-11,23-24H,5-6H2,(H3,18,20,21,25)/t9-,10+,11+/m0/s1. The van der Waals surface area contributed by atoms with E-state index in [4.69, 9.17) is 10.5 Å². The average molecular weight is 361 g/mol. The predicted molar refractivity (Wildman–Crippen MR) is 89.6 cm³/mol. The molecule has 5 N–H and O–H groups in total. The second kappa shape index (κ2) is 6.16. The number of nitrogen functional groups attached to an aromatic ring is 1. The van der Waals surface area contributed by atoms with E-state index in [0.717, 1.165) is 0 Å². The third kappa shape index (κ3) is 2.64. The largest absolute Gasteiger partial charge is 0.394 e. The van der Waals surface area contributed by atoms with Crippen molar-refractivity contribution in [2.75, 3.05) is 12.3 Å². The molecule has 3 heterocycles. The summed E-state index contributed by atoms with van der Waals surface area (Å²) in [5.41, 5.74) is 5.89. The third-order valence-electron chi connectivity index (χ3n) is 4.34. The highest BCUT2D eigenvalue weighted by atomic mass is 19.1. The van der Waals surface area contributed by atoms with Crippen LogP contribution in [0.1, 0.15) is 12.6 Å². The molecule has 1 aliphatic rings. The summed E-state index contributed by atoms with van der Waals surface area (Å²) < 4.78 is 20.5. The lowest BCUT2D eigenvalue weighted by atomic mass is 10.2. The molecule has 0 bridgehead atoms. The SMILES string of the molecule is Nc1nc2c(nc(-c3ccc(F)cc3)n2[C@H]2C[C@H](O)[C@@H](CO)O2)c(=O)[nH]1. The summed E-state index contributed by atoms with van der Waals surface area (Å²) >= 11 is 0. The van der Waals surface area contributed by atoms with Crippen LogP contribution in [-0.4, -0.2) is 48.5 Å². The Morgan fingerprint density at radius 3 is 2.73 bits per heavy atom. The molecule has 0 aliphatic carbocycles. The first-order chi connectivity index (χ1) is 12.5. The predicted octanol–water partition coefficient (Wildman–Crippen LogP) is 0.149. The van der Waals surface area contributed by atoms with Crippen molar-refractivity contribution in [2.24, 2.45) is 0 Å². The number of aliphatic hydroxyl groups excluding tert-OH is 2. The molecule has 136 valence electrons. The number of halogens is 1. The van der Waals surface area contributed by atoms with Gasteiger partial charge in [0.1, 0.15) is 24.0 Å². The van der Waals surface area contributed by atoms with Crippen LogP contribution in [0.15, 0.2) is 29.1 Å². The summed E-state index contributed by atoms with van der Waals surface area (Å²) in [6, 6.07) is 5.57. The molecule has 0 unspecified atom stereocenters. The van der Waals surface area contributed by atoms with Crippen LogP contribution in [-0.2, 0) is 4.74 Å². The van der Waals surface area contributed by atoms with Crippen LogP contribution in [0.5, 0.6) is 0 Å². The van der Waals surface area contributed by atoms with E-state index in [-0.39, 0.29) is 30.1 Å². The van der Waals surface area contributed by atoms with Gasteiger partial charge in [-0.15, -0.1) is 0 Å². The molecule has 0 saturated carbocycles. The minimum absolute atomic E-state index is 0.0454. The van der Waals surface area contributed by atoms with Crippen molar-refractivity contribution < 1.29 is 19.3 Å². The Morgan fingerprint density at radius 2 is 2.08 bits per heavy atom. The van der Waals surface area contributed by atoms with Gasteiger partial charge in [-0.1, -0.05) is 0 Å². The van der Waals surface area contributed by atoms with E-state index >= 15 is 0 Å². The topological polar surface area (TPSA) is 139 Å². The van der Waals surface area contributed by atoms with Gasteiger partial charge < -0.3 is 20.7 Å². The number of ether oxygens (including phenoxy) is 1. The molecule has 3 aromatic rings. The fraction of sp³-hybridized carbons (Fsp3) is 0.312. The molecule has 4 rings (SSSR count). The van der Waals surface area contributed by atoms with Gasteiger partial charge in [0.2, 0.25) is 5.95 Å². The number of rotatable bonds is 3. The molecule has 9 nitrogen and oxygen atoms in total. The van der Waals surface area contributed by atoms with E-state index in [1.54, 1.807) is 0 Å². The molecule has 3 atom stereocenters. The van der Waals surface area contributed by atoms with Gasteiger partial charge in [-0.3, -0.25) is 14.3 Å². The third-order valence-corrected chi connectivity index (χ3v) is 4.34. The van der Waals surface area contributed by atoms with E-state index in [1.807, 2.05) is 0 Å². The number of aromatic amines is 1. The number of nitrogens with one attached hydrogen (secondary N) is 1. The van der Waals surface area contributed by atoms with Gasteiger partial charge in [0, 0.05) is 12.0 Å². The summed E-state index contributed by atoms with van der Waals surface area (Å²) in [7, 11) is 0. The summed E-state index contributed by atoms with van der Waals surface area (Å²) in [6.45, 7) is -0.355. The van der Waals surface area contributed by atoms with E-state index < -0.39 is 29.8 Å². The minimum atomic E-state index is -0.886. The van der Waals surface area contributed by atoms with E-state index in [2.05, 4.69) is 15.0 Å². The number of benzene rings is 1. The summed E-state index contributed by atoms with van der Waals surface area (Å²) in [5, 5.41) is 19.4. The second-order valence-corrected chi connectivity index (χ2v) is 6.05. The number of H-pyrrole nitrogens is 1. The Morgan fingerprint density at radius 1 is 1.35 bits per heavy atom. The summed E-state index contributed by atoms with van der Waals surface area (Å²) in [6.07, 6.45) is -2.21. The maximum atomic E-state index is 13.3. The number of hydrogen-bond donors (Lipinski definition) is 4. The zero-order valence-electron chi connectivity index (χ0n) is 13.5. The van der Waals surface area contributed by atoms with Crippen molar-refractivity contribution in [1.82, 2.24) is 19.5 Å². The molecule has 0 spiro atoms. The molecule has 26 heavy (non-hydrogen) atoms. The zero-order valence-corrected chi connectivity index (χ0v) is 13.5. The Kier molecular flexibility index (Phi) is 3.94. The summed E-state index contributed by atoms with van der Waals surface area (Å²) in [4.78, 5) is 23.1. The molecular weight excluding hydrogens is 345 g/mol. The monoisotopic (exact) mass is 361 g/mol. The minimum Gasteiger partial charge on any atom is -0.394 e. The Balaban J connectivity index is 1.95. The molecule has 0 radical (unpaired) electrons. The van der Waals surface area contributed by atoms with Crippen molar-refractivity contribution in [3.63, 3.8) is 0 Å². The van der Waals surface area contributed by atoms with E-state index in [0.29, 0.717) is 11.4 Å². The second-order valence-electron chi connectivity index (χ2n) is 6.05. The number of aliphatic hydroxyl groups is 2. The Bertz CT molecular complexity index is 1020. The molecule has 10 heteroatoms. The van der Waals surface area contributed by atoms with Crippen LogP contribution >= 0.6 is 0 Å². The smallest absolute Gasteiger partial charge is 0.280 e. The van der Waals surface area contributed by atoms with Gasteiger partial charge in [0.25, 0.3) is 5.56 Å². The van der Waals surface area contributed by atoms with Crippen LogP contribution < -0.4 is 11.3 Å². The van der Waals surface area contributed by atoms with E-state index in [9.17, 15) is 19.4 Å². The molecule has 1 aliphatic heterocycles. The number of nitrogens with zero attached hydrogens (tertiary/aromatic N) is 3. The van der Waals surface area contributed by atoms with E-state index in [1.165, 1.54) is 28.8 Å². The highest BCUT2D eigenvalue weighted by Crippen LogP contribution is 2.35. The maximum absolute atomic E-state index is 13.3. The van der Waals surface area contributed by atoms with Gasteiger partial charge in [-0.2, -0.15) is 4.98 Å². The zero-order chi connectivity index (χ0) is 18.4. The van der Waals surface area contributed by atoms with Crippen LogP contribution in [0.3, 0.4) is 0 Å². The normalized spacial score (nSPS) is 23.0. The molecule has 1 fully saturated rings. The number of anilines is 1. The number of nitrogens with two attached hydrogens (primary N) is 1. The highest BCUT2D eigenvalue weighted by Gasteiger charge is 2.37. The maximum Gasteiger partial charge on any atom is 0.280 e.